The van der Waals surface area contributed by atoms with E-state index in [0.29, 0.717) is 16.8 Å². The molecule has 0 saturated carbocycles. The Morgan fingerprint density at radius 3 is 2.20 bits per heavy atom. The Morgan fingerprint density at radius 2 is 1.61 bits per heavy atom. The second kappa shape index (κ2) is 12.2. The lowest BCUT2D eigenvalue weighted by molar-refractivity contribution is -0.149. The summed E-state index contributed by atoms with van der Waals surface area (Å²) in [6.45, 7) is 13.8. The Morgan fingerprint density at radius 1 is 1.00 bits per heavy atom. The standard InChI is InChI=1S/C33H38N4O8S/c1-10-19-16-36(25-22(19)26(35-18-34-25)37(29(39)44-31(2,3)4)30(40)45-32(5,6)7)27-24-23(42-33(8,9)43-24)21(46-27)17-41-28(38)20-14-12-11-13-15-20/h1,11-16,18,21,23-24,27H,17H2,2-9H3/t21-,23-,24-,27-/m1/s1. The van der Waals surface area contributed by atoms with Crippen molar-refractivity contribution in [2.24, 2.45) is 0 Å². The Bertz CT molecular complexity index is 1660. The Hall–Kier alpha value is -4.12. The minimum absolute atomic E-state index is 0.0714. The lowest BCUT2D eigenvalue weighted by Crippen LogP contribution is -2.44. The fourth-order valence-corrected chi connectivity index (χ4v) is 6.76. The quantitative estimate of drug-likeness (QED) is 0.181. The van der Waals surface area contributed by atoms with Gasteiger partial charge in [-0.25, -0.2) is 24.4 Å². The zero-order chi connectivity index (χ0) is 33.6. The summed E-state index contributed by atoms with van der Waals surface area (Å²) < 4.78 is 31.3. The molecule has 2 aliphatic rings. The van der Waals surface area contributed by atoms with Crippen LogP contribution in [0.2, 0.25) is 0 Å². The van der Waals surface area contributed by atoms with E-state index >= 15 is 0 Å². The molecule has 0 unspecified atom stereocenters. The van der Waals surface area contributed by atoms with Crippen LogP contribution in [-0.2, 0) is 23.7 Å². The predicted molar refractivity (Wildman–Crippen MR) is 171 cm³/mol. The van der Waals surface area contributed by atoms with Gasteiger partial charge in [0.1, 0.15) is 47.4 Å². The number of anilines is 1. The summed E-state index contributed by atoms with van der Waals surface area (Å²) in [5.41, 5.74) is -0.725. The molecule has 13 heteroatoms. The van der Waals surface area contributed by atoms with Crippen molar-refractivity contribution in [2.45, 2.75) is 95.2 Å². The van der Waals surface area contributed by atoms with Gasteiger partial charge in [0.15, 0.2) is 11.6 Å². The molecule has 4 atom stereocenters. The number of carbonyl (C=O) groups excluding carboxylic acids is 3. The molecular weight excluding hydrogens is 612 g/mol. The smallest absolute Gasteiger partial charge is 0.425 e. The normalized spacial score (nSPS) is 22.2. The first-order chi connectivity index (χ1) is 21.5. The first-order valence-corrected chi connectivity index (χ1v) is 15.7. The zero-order valence-corrected chi connectivity index (χ0v) is 27.9. The maximum Gasteiger partial charge on any atom is 0.425 e. The minimum atomic E-state index is -0.984. The highest BCUT2D eigenvalue weighted by molar-refractivity contribution is 8.00. The molecule has 2 aliphatic heterocycles. The number of amides is 2. The topological polar surface area (TPSA) is 131 Å². The van der Waals surface area contributed by atoms with Crippen molar-refractivity contribution in [2.75, 3.05) is 11.5 Å². The van der Waals surface area contributed by atoms with Crippen LogP contribution in [0.4, 0.5) is 15.4 Å². The molecule has 4 heterocycles. The van der Waals surface area contributed by atoms with Crippen LogP contribution in [0.5, 0.6) is 0 Å². The number of terminal acetylenes is 1. The molecular formula is C33H38N4O8S. The van der Waals surface area contributed by atoms with E-state index in [1.54, 1.807) is 72.0 Å². The Balaban J connectivity index is 1.54. The molecule has 46 heavy (non-hydrogen) atoms. The van der Waals surface area contributed by atoms with Gasteiger partial charge in [-0.15, -0.1) is 18.2 Å². The molecule has 1 aromatic carbocycles. The van der Waals surface area contributed by atoms with Gasteiger partial charge in [-0.2, -0.15) is 4.90 Å². The molecule has 0 spiro atoms. The molecule has 0 bridgehead atoms. The molecule has 2 fully saturated rings. The highest BCUT2D eigenvalue weighted by Gasteiger charge is 2.56. The number of rotatable bonds is 5. The minimum Gasteiger partial charge on any atom is -0.461 e. The van der Waals surface area contributed by atoms with Gasteiger partial charge in [-0.1, -0.05) is 24.1 Å². The number of carbonyl (C=O) groups is 3. The fraction of sp³-hybridized carbons (Fsp3) is 0.485. The molecule has 3 aromatic rings. The first kappa shape index (κ1) is 33.2. The van der Waals surface area contributed by atoms with Crippen LogP contribution < -0.4 is 4.90 Å². The van der Waals surface area contributed by atoms with Crippen LogP contribution >= 0.6 is 11.8 Å². The molecule has 2 saturated heterocycles. The van der Waals surface area contributed by atoms with Crippen molar-refractivity contribution >= 4 is 46.8 Å². The van der Waals surface area contributed by atoms with Gasteiger partial charge in [0, 0.05) is 6.20 Å². The highest BCUT2D eigenvalue weighted by atomic mass is 32.2. The van der Waals surface area contributed by atoms with Crippen LogP contribution in [0.3, 0.4) is 0 Å². The molecule has 5 rings (SSSR count). The van der Waals surface area contributed by atoms with E-state index in [2.05, 4.69) is 15.9 Å². The van der Waals surface area contributed by atoms with Crippen LogP contribution in [0, 0.1) is 12.3 Å². The summed E-state index contributed by atoms with van der Waals surface area (Å²) >= 11 is 1.48. The molecule has 0 radical (unpaired) electrons. The summed E-state index contributed by atoms with van der Waals surface area (Å²) in [6, 6.07) is 8.75. The van der Waals surface area contributed by atoms with E-state index in [0.717, 1.165) is 4.90 Å². The maximum atomic E-state index is 13.5. The number of thioether (sulfide) groups is 1. The summed E-state index contributed by atoms with van der Waals surface area (Å²) in [6.07, 6.45) is 6.04. The van der Waals surface area contributed by atoms with Gasteiger partial charge in [0.25, 0.3) is 0 Å². The average molecular weight is 651 g/mol. The number of hydrogen-bond acceptors (Lipinski definition) is 11. The Kier molecular flexibility index (Phi) is 8.85. The van der Waals surface area contributed by atoms with Crippen LogP contribution in [-0.4, -0.2) is 73.7 Å². The van der Waals surface area contributed by atoms with E-state index < -0.39 is 52.7 Å². The van der Waals surface area contributed by atoms with E-state index in [-0.39, 0.29) is 23.1 Å². The SMILES string of the molecule is C#Cc1cn([C@@H]2S[C@H](COC(=O)c3ccccc3)[C@H]3OC(C)(C)O[C@H]32)c2ncnc(N(C(=O)OC(C)(C)C)C(=O)OC(C)(C)C)c12. The van der Waals surface area contributed by atoms with E-state index in [1.165, 1.54) is 18.1 Å². The largest absolute Gasteiger partial charge is 0.461 e. The van der Waals surface area contributed by atoms with Gasteiger partial charge in [0.2, 0.25) is 0 Å². The lowest BCUT2D eigenvalue weighted by Gasteiger charge is -2.28. The number of hydrogen-bond donors (Lipinski definition) is 0. The maximum absolute atomic E-state index is 13.5. The Labute approximate surface area is 272 Å². The summed E-state index contributed by atoms with van der Waals surface area (Å²) in [4.78, 5) is 49.3. The molecule has 12 nitrogen and oxygen atoms in total. The van der Waals surface area contributed by atoms with Gasteiger partial charge in [0.05, 0.1) is 21.8 Å². The highest BCUT2D eigenvalue weighted by Crippen LogP contribution is 2.52. The van der Waals surface area contributed by atoms with Crippen molar-refractivity contribution < 1.29 is 38.1 Å². The summed E-state index contributed by atoms with van der Waals surface area (Å²) in [5, 5.41) is -0.454. The number of ether oxygens (including phenoxy) is 5. The molecule has 2 aromatic heterocycles. The average Bonchev–Trinajstić information content (AvgIpc) is 3.58. The summed E-state index contributed by atoms with van der Waals surface area (Å²) in [5.74, 6) is 1.21. The van der Waals surface area contributed by atoms with E-state index in [4.69, 9.17) is 30.1 Å². The second-order valence-electron chi connectivity index (χ2n) is 13.4. The van der Waals surface area contributed by atoms with Crippen LogP contribution in [0.1, 0.15) is 76.7 Å². The molecule has 2 amide bonds. The van der Waals surface area contributed by atoms with Gasteiger partial charge >= 0.3 is 18.2 Å². The molecule has 0 N–H and O–H groups in total. The summed E-state index contributed by atoms with van der Waals surface area (Å²) in [7, 11) is 0. The zero-order valence-electron chi connectivity index (χ0n) is 27.1. The monoisotopic (exact) mass is 650 g/mol. The number of aromatic nitrogens is 3. The number of esters is 1. The molecule has 244 valence electrons. The van der Waals surface area contributed by atoms with Crippen molar-refractivity contribution in [3.05, 3.63) is 54.0 Å². The van der Waals surface area contributed by atoms with E-state index in [1.807, 2.05) is 24.5 Å². The van der Waals surface area contributed by atoms with Crippen molar-refractivity contribution in [1.82, 2.24) is 14.5 Å². The fourth-order valence-electron chi connectivity index (χ4n) is 5.24. The predicted octanol–water partition coefficient (Wildman–Crippen LogP) is 6.08. The van der Waals surface area contributed by atoms with Crippen molar-refractivity contribution in [3.8, 4) is 12.3 Å². The van der Waals surface area contributed by atoms with Crippen molar-refractivity contribution in [3.63, 3.8) is 0 Å². The number of nitrogens with zero attached hydrogens (tertiary/aromatic N) is 4. The third-order valence-corrected chi connectivity index (χ3v) is 8.42. The van der Waals surface area contributed by atoms with Crippen LogP contribution in [0.15, 0.2) is 42.9 Å². The number of fused-ring (bicyclic) bond motifs is 2. The van der Waals surface area contributed by atoms with Gasteiger partial charge in [-0.3, -0.25) is 0 Å². The molecule has 0 aliphatic carbocycles. The third-order valence-electron chi connectivity index (χ3n) is 6.90. The van der Waals surface area contributed by atoms with E-state index in [9.17, 15) is 14.4 Å². The number of imide groups is 1. The lowest BCUT2D eigenvalue weighted by atomic mass is 10.1. The second-order valence-corrected chi connectivity index (χ2v) is 14.7. The number of benzene rings is 1. The van der Waals surface area contributed by atoms with Gasteiger partial charge < -0.3 is 28.3 Å². The van der Waals surface area contributed by atoms with Crippen LogP contribution in [0.25, 0.3) is 11.0 Å². The third kappa shape index (κ3) is 6.99. The van der Waals surface area contributed by atoms with Gasteiger partial charge in [-0.05, 0) is 67.5 Å². The van der Waals surface area contributed by atoms with Crippen molar-refractivity contribution in [1.29, 1.82) is 0 Å². The first-order valence-electron chi connectivity index (χ1n) is 14.8.